The smallest absolute Gasteiger partial charge is 0.257 e. The number of hydrogen-bond acceptors (Lipinski definition) is 2. The van der Waals surface area contributed by atoms with Crippen molar-refractivity contribution < 1.29 is 18.3 Å². The Bertz CT molecular complexity index is 418. The summed E-state index contributed by atoms with van der Waals surface area (Å²) in [6.45, 7) is 3.50. The van der Waals surface area contributed by atoms with Gasteiger partial charge in [0, 0.05) is 24.2 Å². The van der Waals surface area contributed by atoms with Crippen LogP contribution in [0.1, 0.15) is 30.1 Å². The maximum absolute atomic E-state index is 13.5. The summed E-state index contributed by atoms with van der Waals surface area (Å²) in [7, 11) is 0. The molecule has 1 N–H and O–H groups in total. The molecule has 19 heavy (non-hydrogen) atoms. The van der Waals surface area contributed by atoms with Gasteiger partial charge in [0.15, 0.2) is 0 Å². The first-order valence-corrected chi connectivity index (χ1v) is 6.86. The van der Waals surface area contributed by atoms with Gasteiger partial charge >= 0.3 is 0 Å². The number of halogens is 3. The summed E-state index contributed by atoms with van der Waals surface area (Å²) in [5.41, 5.74) is -0.558. The molecule has 1 aromatic carbocycles. The van der Waals surface area contributed by atoms with Gasteiger partial charge in [-0.2, -0.15) is 0 Å². The highest BCUT2D eigenvalue weighted by molar-refractivity contribution is 9.10. The molecule has 1 rings (SSSR count). The molecule has 6 heteroatoms. The fraction of sp³-hybridized carbons (Fsp3) is 0.462. The van der Waals surface area contributed by atoms with Crippen LogP contribution in [-0.2, 0) is 4.74 Å². The van der Waals surface area contributed by atoms with E-state index in [1.165, 1.54) is 0 Å². The fourth-order valence-corrected chi connectivity index (χ4v) is 1.87. The predicted molar refractivity (Wildman–Crippen MR) is 72.1 cm³/mol. The molecule has 0 unspecified atom stereocenters. The third-order valence-electron chi connectivity index (χ3n) is 2.33. The Labute approximate surface area is 119 Å². The highest BCUT2D eigenvalue weighted by atomic mass is 79.9. The second-order valence-corrected chi connectivity index (χ2v) is 4.88. The first-order valence-electron chi connectivity index (χ1n) is 6.06. The van der Waals surface area contributed by atoms with Gasteiger partial charge in [-0.15, -0.1) is 0 Å². The average molecular weight is 336 g/mol. The summed E-state index contributed by atoms with van der Waals surface area (Å²) in [6, 6.07) is 2.12. The van der Waals surface area contributed by atoms with Crippen molar-refractivity contribution in [1.82, 2.24) is 5.32 Å². The van der Waals surface area contributed by atoms with E-state index in [9.17, 15) is 13.6 Å². The molecular formula is C13H16BrF2NO2. The lowest BCUT2D eigenvalue weighted by Gasteiger charge is -2.08. The summed E-state index contributed by atoms with van der Waals surface area (Å²) in [6.07, 6.45) is 1.53. The van der Waals surface area contributed by atoms with Gasteiger partial charge in [-0.05, 0) is 25.0 Å². The quantitative estimate of drug-likeness (QED) is 0.776. The largest absolute Gasteiger partial charge is 0.381 e. The van der Waals surface area contributed by atoms with E-state index in [0.29, 0.717) is 26.2 Å². The molecule has 1 amide bonds. The third-order valence-corrected chi connectivity index (χ3v) is 2.79. The van der Waals surface area contributed by atoms with Crippen LogP contribution in [-0.4, -0.2) is 25.7 Å². The highest BCUT2D eigenvalue weighted by Gasteiger charge is 2.17. The Hall–Kier alpha value is -1.01. The lowest BCUT2D eigenvalue weighted by Crippen LogP contribution is -2.27. The van der Waals surface area contributed by atoms with Crippen LogP contribution < -0.4 is 5.32 Å². The summed E-state index contributed by atoms with van der Waals surface area (Å²) in [4.78, 5) is 11.6. The molecule has 0 heterocycles. The highest BCUT2D eigenvalue weighted by Crippen LogP contribution is 2.19. The predicted octanol–water partition coefficient (Wildman–Crippen LogP) is 3.27. The van der Waals surface area contributed by atoms with Gasteiger partial charge in [-0.25, -0.2) is 8.78 Å². The Kier molecular flexibility index (Phi) is 6.94. The van der Waals surface area contributed by atoms with Gasteiger partial charge in [0.2, 0.25) is 0 Å². The average Bonchev–Trinajstić information content (AvgIpc) is 2.32. The van der Waals surface area contributed by atoms with E-state index >= 15 is 0 Å². The van der Waals surface area contributed by atoms with Gasteiger partial charge in [0.1, 0.15) is 17.2 Å². The Morgan fingerprint density at radius 1 is 1.32 bits per heavy atom. The number of benzene rings is 1. The van der Waals surface area contributed by atoms with Gasteiger partial charge in [-0.1, -0.05) is 22.9 Å². The van der Waals surface area contributed by atoms with Crippen molar-refractivity contribution in [3.8, 4) is 0 Å². The molecule has 3 nitrogen and oxygen atoms in total. The zero-order valence-corrected chi connectivity index (χ0v) is 12.2. The fourth-order valence-electron chi connectivity index (χ4n) is 1.47. The number of carbonyl (C=O) groups excluding carboxylic acids is 1. The van der Waals surface area contributed by atoms with Gasteiger partial charge in [-0.3, -0.25) is 4.79 Å². The molecule has 0 bridgehead atoms. The Balaban J connectivity index is 2.46. The number of ether oxygens (including phenoxy) is 1. The van der Waals surface area contributed by atoms with Crippen LogP contribution in [0.15, 0.2) is 16.6 Å². The van der Waals surface area contributed by atoms with Crippen molar-refractivity contribution in [3.63, 3.8) is 0 Å². The van der Waals surface area contributed by atoms with Crippen molar-refractivity contribution in [2.75, 3.05) is 19.8 Å². The summed E-state index contributed by atoms with van der Waals surface area (Å²) in [5, 5.41) is 2.46. The van der Waals surface area contributed by atoms with E-state index in [1.807, 2.05) is 6.92 Å². The van der Waals surface area contributed by atoms with Crippen LogP contribution in [0.25, 0.3) is 0 Å². The minimum atomic E-state index is -0.883. The van der Waals surface area contributed by atoms with E-state index in [4.69, 9.17) is 4.74 Å². The standard InChI is InChI=1S/C13H16BrF2NO2/c1-2-5-19-6-3-4-17-13(18)12-10(15)7-9(14)8-11(12)16/h7-8H,2-6H2,1H3,(H,17,18). The molecule has 0 aliphatic rings. The molecule has 1 aromatic rings. The maximum atomic E-state index is 13.5. The second-order valence-electron chi connectivity index (χ2n) is 3.97. The molecular weight excluding hydrogens is 320 g/mol. The first kappa shape index (κ1) is 16.0. The van der Waals surface area contributed by atoms with Crippen molar-refractivity contribution in [2.24, 2.45) is 0 Å². The number of amides is 1. The van der Waals surface area contributed by atoms with E-state index in [1.54, 1.807) is 0 Å². The molecule has 0 saturated heterocycles. The lowest BCUT2D eigenvalue weighted by atomic mass is 10.2. The summed E-state index contributed by atoms with van der Waals surface area (Å²) < 4.78 is 32.4. The van der Waals surface area contributed by atoms with E-state index in [0.717, 1.165) is 18.6 Å². The molecule has 0 aliphatic heterocycles. The van der Waals surface area contributed by atoms with E-state index < -0.39 is 23.1 Å². The summed E-state index contributed by atoms with van der Waals surface area (Å²) in [5.74, 6) is -2.52. The second kappa shape index (κ2) is 8.22. The van der Waals surface area contributed by atoms with E-state index in [-0.39, 0.29) is 4.47 Å². The van der Waals surface area contributed by atoms with Gasteiger partial charge in [0.05, 0.1) is 0 Å². The van der Waals surface area contributed by atoms with Crippen LogP contribution in [0, 0.1) is 11.6 Å². The molecule has 0 aromatic heterocycles. The van der Waals surface area contributed by atoms with Crippen LogP contribution in [0.5, 0.6) is 0 Å². The normalized spacial score (nSPS) is 10.5. The monoisotopic (exact) mass is 335 g/mol. The van der Waals surface area contributed by atoms with Crippen molar-refractivity contribution >= 4 is 21.8 Å². The zero-order valence-electron chi connectivity index (χ0n) is 10.6. The topological polar surface area (TPSA) is 38.3 Å². The number of carbonyl (C=O) groups is 1. The minimum absolute atomic E-state index is 0.256. The van der Waals surface area contributed by atoms with E-state index in [2.05, 4.69) is 21.2 Å². The molecule has 0 fully saturated rings. The zero-order chi connectivity index (χ0) is 14.3. The Morgan fingerprint density at radius 3 is 2.53 bits per heavy atom. The van der Waals surface area contributed by atoms with Crippen LogP contribution in [0.4, 0.5) is 8.78 Å². The van der Waals surface area contributed by atoms with Crippen LogP contribution in [0.3, 0.4) is 0 Å². The molecule has 106 valence electrons. The first-order chi connectivity index (χ1) is 9.06. The van der Waals surface area contributed by atoms with Crippen molar-refractivity contribution in [3.05, 3.63) is 33.8 Å². The SMILES string of the molecule is CCCOCCCNC(=O)c1c(F)cc(Br)cc1F. The van der Waals surface area contributed by atoms with Gasteiger partial charge in [0.25, 0.3) is 5.91 Å². The van der Waals surface area contributed by atoms with Crippen molar-refractivity contribution in [2.45, 2.75) is 19.8 Å². The van der Waals surface area contributed by atoms with Crippen LogP contribution >= 0.6 is 15.9 Å². The molecule has 0 spiro atoms. The maximum Gasteiger partial charge on any atom is 0.257 e. The number of nitrogens with one attached hydrogen (secondary N) is 1. The number of rotatable bonds is 7. The minimum Gasteiger partial charge on any atom is -0.381 e. The molecule has 0 aliphatic carbocycles. The Morgan fingerprint density at radius 2 is 1.95 bits per heavy atom. The van der Waals surface area contributed by atoms with Crippen molar-refractivity contribution in [1.29, 1.82) is 0 Å². The third kappa shape index (κ3) is 5.24. The number of hydrogen-bond donors (Lipinski definition) is 1. The lowest BCUT2D eigenvalue weighted by molar-refractivity contribution is 0.0933. The van der Waals surface area contributed by atoms with Gasteiger partial charge < -0.3 is 10.1 Å². The summed E-state index contributed by atoms with van der Waals surface area (Å²) >= 11 is 2.96. The van der Waals surface area contributed by atoms with Crippen LogP contribution in [0.2, 0.25) is 0 Å². The molecule has 0 radical (unpaired) electrons. The molecule has 0 atom stereocenters. The molecule has 0 saturated carbocycles.